The monoisotopic (exact) mass is 496 g/mol. The Labute approximate surface area is 210 Å². The van der Waals surface area contributed by atoms with Gasteiger partial charge in [0.25, 0.3) is 11.7 Å². The number of aliphatic hydroxyl groups excluding tert-OH is 1. The van der Waals surface area contributed by atoms with Crippen LogP contribution in [0.1, 0.15) is 41.4 Å². The Morgan fingerprint density at radius 3 is 2.11 bits per heavy atom. The van der Waals surface area contributed by atoms with Crippen molar-refractivity contribution in [2.75, 3.05) is 47.5 Å². The van der Waals surface area contributed by atoms with E-state index in [1.807, 2.05) is 13.8 Å². The summed E-state index contributed by atoms with van der Waals surface area (Å²) in [7, 11) is 4.26. The second-order valence-corrected chi connectivity index (χ2v) is 8.20. The molecular formula is C27H32N2O7. The molecule has 192 valence electrons. The Bertz CT molecular complexity index is 1150. The molecule has 1 atom stereocenters. The molecule has 9 nitrogen and oxygen atoms in total. The molecule has 1 N–H and O–H groups in total. The van der Waals surface area contributed by atoms with Crippen LogP contribution in [0.2, 0.25) is 0 Å². The van der Waals surface area contributed by atoms with Gasteiger partial charge in [0, 0.05) is 18.7 Å². The first-order valence-corrected chi connectivity index (χ1v) is 11.7. The predicted octanol–water partition coefficient (Wildman–Crippen LogP) is 3.25. The fraction of sp³-hybridized carbons (Fsp3) is 0.370. The number of aliphatic hydroxyl groups is 1. The van der Waals surface area contributed by atoms with Gasteiger partial charge in [-0.15, -0.1) is 0 Å². The van der Waals surface area contributed by atoms with Crippen molar-refractivity contribution < 1.29 is 33.7 Å². The summed E-state index contributed by atoms with van der Waals surface area (Å²) in [5, 5.41) is 11.3. The summed E-state index contributed by atoms with van der Waals surface area (Å²) in [5.41, 5.74) is 1.20. The molecule has 9 heteroatoms. The van der Waals surface area contributed by atoms with Crippen LogP contribution in [0.3, 0.4) is 0 Å². The maximum absolute atomic E-state index is 13.2. The van der Waals surface area contributed by atoms with E-state index in [1.165, 1.54) is 26.2 Å². The first-order valence-electron chi connectivity index (χ1n) is 11.7. The summed E-state index contributed by atoms with van der Waals surface area (Å²) in [4.78, 5) is 41.9. The molecule has 2 aromatic carbocycles. The summed E-state index contributed by atoms with van der Waals surface area (Å²) < 4.78 is 15.4. The van der Waals surface area contributed by atoms with E-state index < -0.39 is 23.7 Å². The van der Waals surface area contributed by atoms with Crippen molar-refractivity contribution in [3.05, 3.63) is 64.7 Å². The van der Waals surface area contributed by atoms with E-state index in [1.54, 1.807) is 42.5 Å². The van der Waals surface area contributed by atoms with Crippen LogP contribution in [0, 0.1) is 0 Å². The Morgan fingerprint density at radius 1 is 0.944 bits per heavy atom. The molecule has 1 aliphatic rings. The number of carbonyl (C=O) groups is 3. The van der Waals surface area contributed by atoms with E-state index in [4.69, 9.17) is 14.2 Å². The second kappa shape index (κ2) is 11.7. The van der Waals surface area contributed by atoms with Gasteiger partial charge in [-0.05, 0) is 49.0 Å². The van der Waals surface area contributed by atoms with Gasteiger partial charge in [0.05, 0.1) is 38.5 Å². The zero-order valence-corrected chi connectivity index (χ0v) is 21.2. The van der Waals surface area contributed by atoms with E-state index in [-0.39, 0.29) is 11.3 Å². The number of methoxy groups -OCH3 is 3. The Morgan fingerprint density at radius 2 is 1.56 bits per heavy atom. The molecule has 1 unspecified atom stereocenters. The lowest BCUT2D eigenvalue weighted by molar-refractivity contribution is -0.140. The van der Waals surface area contributed by atoms with Gasteiger partial charge in [-0.2, -0.15) is 0 Å². The van der Waals surface area contributed by atoms with Crippen LogP contribution < -0.4 is 9.47 Å². The van der Waals surface area contributed by atoms with Crippen LogP contribution in [0.5, 0.6) is 11.5 Å². The van der Waals surface area contributed by atoms with Gasteiger partial charge in [-0.25, -0.2) is 4.79 Å². The number of rotatable bonds is 10. The normalized spacial score (nSPS) is 16.9. The summed E-state index contributed by atoms with van der Waals surface area (Å²) in [6.45, 7) is 6.50. The van der Waals surface area contributed by atoms with Crippen molar-refractivity contribution in [2.45, 2.75) is 19.9 Å². The molecule has 2 aromatic rings. The van der Waals surface area contributed by atoms with Gasteiger partial charge in [-0.1, -0.05) is 26.0 Å². The standard InChI is InChI=1S/C27H32N2O7/c1-6-28(7-2)14-15-29-23(17-8-10-18(11-9-17)27(33)36-5)22(25(31)26(29)32)24(30)19-12-13-20(34-3)21(16-19)35-4/h8-13,16,23,30H,6-7,14-15H2,1-5H3/b24-22-. The first-order chi connectivity index (χ1) is 17.3. The molecule has 0 bridgehead atoms. The van der Waals surface area contributed by atoms with Crippen molar-refractivity contribution in [1.29, 1.82) is 0 Å². The molecule has 3 rings (SSSR count). The molecule has 0 radical (unpaired) electrons. The van der Waals surface area contributed by atoms with Crippen molar-refractivity contribution in [1.82, 2.24) is 9.80 Å². The van der Waals surface area contributed by atoms with Crippen molar-refractivity contribution in [3.8, 4) is 11.5 Å². The summed E-state index contributed by atoms with van der Waals surface area (Å²) in [5.74, 6) is -1.45. The van der Waals surface area contributed by atoms with Crippen LogP contribution in [-0.4, -0.2) is 80.1 Å². The second-order valence-electron chi connectivity index (χ2n) is 8.20. The van der Waals surface area contributed by atoms with Crippen molar-refractivity contribution in [3.63, 3.8) is 0 Å². The highest BCUT2D eigenvalue weighted by Crippen LogP contribution is 2.40. The van der Waals surface area contributed by atoms with Gasteiger partial charge < -0.3 is 29.1 Å². The van der Waals surface area contributed by atoms with E-state index in [2.05, 4.69) is 4.90 Å². The lowest BCUT2D eigenvalue weighted by Gasteiger charge is -2.28. The van der Waals surface area contributed by atoms with Crippen LogP contribution in [-0.2, 0) is 14.3 Å². The average Bonchev–Trinajstić information content (AvgIpc) is 3.17. The van der Waals surface area contributed by atoms with Crippen LogP contribution in [0.15, 0.2) is 48.0 Å². The molecule has 0 aromatic heterocycles. The van der Waals surface area contributed by atoms with Crippen LogP contribution >= 0.6 is 0 Å². The molecule has 1 aliphatic heterocycles. The molecular weight excluding hydrogens is 464 g/mol. The molecule has 0 spiro atoms. The highest BCUT2D eigenvalue weighted by molar-refractivity contribution is 6.46. The number of likely N-dealkylation sites (N-methyl/N-ethyl adjacent to an activating group) is 1. The fourth-order valence-electron chi connectivity index (χ4n) is 4.30. The third kappa shape index (κ3) is 5.21. The van der Waals surface area contributed by atoms with E-state index in [9.17, 15) is 19.5 Å². The smallest absolute Gasteiger partial charge is 0.337 e. The Hall–Kier alpha value is -3.85. The Kier molecular flexibility index (Phi) is 8.71. The number of Topliss-reactive ketones (excluding diaryl/α,β-unsaturated/α-hetero) is 1. The number of benzene rings is 2. The largest absolute Gasteiger partial charge is 0.507 e. The minimum Gasteiger partial charge on any atom is -0.507 e. The minimum atomic E-state index is -0.833. The van der Waals surface area contributed by atoms with Crippen LogP contribution in [0.4, 0.5) is 0 Å². The molecule has 1 fully saturated rings. The molecule has 1 saturated heterocycles. The zero-order chi connectivity index (χ0) is 26.4. The van der Waals surface area contributed by atoms with E-state index >= 15 is 0 Å². The minimum absolute atomic E-state index is 0.0300. The van der Waals surface area contributed by atoms with Gasteiger partial charge in [-0.3, -0.25) is 9.59 Å². The highest BCUT2D eigenvalue weighted by atomic mass is 16.5. The molecule has 0 saturated carbocycles. The number of carbonyl (C=O) groups excluding carboxylic acids is 3. The fourth-order valence-corrected chi connectivity index (χ4v) is 4.30. The molecule has 1 heterocycles. The maximum Gasteiger partial charge on any atom is 0.337 e. The number of hydrogen-bond acceptors (Lipinski definition) is 8. The number of ether oxygens (including phenoxy) is 3. The highest BCUT2D eigenvalue weighted by Gasteiger charge is 2.46. The maximum atomic E-state index is 13.2. The summed E-state index contributed by atoms with van der Waals surface area (Å²) in [6.07, 6.45) is 0. The number of esters is 1. The van der Waals surface area contributed by atoms with Gasteiger partial charge in [0.1, 0.15) is 5.76 Å². The summed E-state index contributed by atoms with van der Waals surface area (Å²) >= 11 is 0. The molecule has 0 aliphatic carbocycles. The van der Waals surface area contributed by atoms with Crippen molar-refractivity contribution >= 4 is 23.4 Å². The molecule has 1 amide bonds. The van der Waals surface area contributed by atoms with Gasteiger partial charge in [0.15, 0.2) is 11.5 Å². The van der Waals surface area contributed by atoms with E-state index in [0.29, 0.717) is 41.3 Å². The quantitative estimate of drug-likeness (QED) is 0.231. The molecule has 36 heavy (non-hydrogen) atoms. The third-order valence-electron chi connectivity index (χ3n) is 6.40. The average molecular weight is 497 g/mol. The number of amides is 1. The first kappa shape index (κ1) is 26.7. The third-order valence-corrected chi connectivity index (χ3v) is 6.40. The van der Waals surface area contributed by atoms with Gasteiger partial charge >= 0.3 is 5.97 Å². The lowest BCUT2D eigenvalue weighted by atomic mass is 9.94. The number of ketones is 1. The Balaban J connectivity index is 2.13. The summed E-state index contributed by atoms with van der Waals surface area (Å²) in [6, 6.07) is 10.4. The van der Waals surface area contributed by atoms with E-state index in [0.717, 1.165) is 13.1 Å². The zero-order valence-electron chi connectivity index (χ0n) is 21.2. The number of likely N-dealkylation sites (tertiary alicyclic amines) is 1. The lowest BCUT2D eigenvalue weighted by Crippen LogP contribution is -2.38. The number of nitrogens with zero attached hydrogens (tertiary/aromatic N) is 2. The van der Waals surface area contributed by atoms with Crippen LogP contribution in [0.25, 0.3) is 5.76 Å². The van der Waals surface area contributed by atoms with Crippen molar-refractivity contribution in [2.24, 2.45) is 0 Å². The number of hydrogen-bond donors (Lipinski definition) is 1. The SMILES string of the molecule is CCN(CC)CCN1C(=O)C(=O)/C(=C(\O)c2ccc(OC)c(OC)c2)C1c1ccc(C(=O)OC)cc1. The topological polar surface area (TPSA) is 106 Å². The predicted molar refractivity (Wildman–Crippen MR) is 134 cm³/mol. The van der Waals surface area contributed by atoms with Gasteiger partial charge in [0.2, 0.25) is 0 Å².